The fraction of sp³-hybridized carbons (Fsp3) is 0.433. The molecule has 0 spiro atoms. The predicted molar refractivity (Wildman–Crippen MR) is 159 cm³/mol. The molecular weight excluding hydrogens is 528 g/mol. The number of hydrogen-bond donors (Lipinski definition) is 7. The first-order chi connectivity index (χ1) is 19.9. The van der Waals surface area contributed by atoms with Crippen LogP contribution in [0.1, 0.15) is 46.8 Å². The Balaban J connectivity index is 1.97. The first-order valence-electron chi connectivity index (χ1n) is 13.9. The van der Waals surface area contributed by atoms with Gasteiger partial charge in [-0.1, -0.05) is 19.1 Å². The third-order valence-electron chi connectivity index (χ3n) is 7.30. The maximum atomic E-state index is 12.8. The number of esters is 1. The molecule has 4 rings (SSSR count). The second kappa shape index (κ2) is 13.7. The highest BCUT2D eigenvalue weighted by Crippen LogP contribution is 2.49. The second-order valence-electron chi connectivity index (χ2n) is 9.74. The van der Waals surface area contributed by atoms with Crippen molar-refractivity contribution in [3.63, 3.8) is 0 Å². The number of nitrogens with zero attached hydrogens (tertiary/aromatic N) is 2. The van der Waals surface area contributed by atoms with Crippen LogP contribution in [-0.4, -0.2) is 103 Å². The Labute approximate surface area is 238 Å². The van der Waals surface area contributed by atoms with E-state index in [1.165, 1.54) is 7.11 Å². The number of phenols is 3. The first kappa shape index (κ1) is 30.2. The topological polar surface area (TPSA) is 176 Å². The highest BCUT2D eigenvalue weighted by Gasteiger charge is 2.32. The molecule has 0 heterocycles. The van der Waals surface area contributed by atoms with E-state index in [4.69, 9.17) is 19.9 Å². The van der Waals surface area contributed by atoms with E-state index in [1.807, 2.05) is 6.92 Å². The molecule has 0 atom stereocenters. The van der Waals surface area contributed by atoms with Crippen LogP contribution in [0.3, 0.4) is 0 Å². The smallest absolute Gasteiger partial charge is 0.338 e. The fourth-order valence-corrected chi connectivity index (χ4v) is 5.37. The van der Waals surface area contributed by atoms with Crippen molar-refractivity contribution in [1.29, 1.82) is 0 Å². The number of carbonyl (C=O) groups excluding carboxylic acids is 1. The summed E-state index contributed by atoms with van der Waals surface area (Å²) in [5.74, 6) is -1.22. The molecule has 220 valence electrons. The number of hydrogen-bond acceptors (Lipinski definition) is 11. The number of aryl methyl sites for hydroxylation is 1. The fourth-order valence-electron chi connectivity index (χ4n) is 5.37. The van der Waals surface area contributed by atoms with Crippen LogP contribution in [0.2, 0.25) is 0 Å². The Kier molecular flexibility index (Phi) is 10.1. The van der Waals surface area contributed by atoms with Crippen LogP contribution < -0.4 is 10.6 Å². The normalized spacial score (nSPS) is 15.2. The van der Waals surface area contributed by atoms with Crippen molar-refractivity contribution in [2.45, 2.75) is 26.2 Å². The van der Waals surface area contributed by atoms with Gasteiger partial charge in [-0.3, -0.25) is 9.98 Å². The lowest BCUT2D eigenvalue weighted by Gasteiger charge is -2.25. The van der Waals surface area contributed by atoms with Crippen LogP contribution in [0.25, 0.3) is 21.5 Å². The van der Waals surface area contributed by atoms with E-state index in [2.05, 4.69) is 15.6 Å². The molecule has 0 saturated heterocycles. The van der Waals surface area contributed by atoms with E-state index in [0.717, 1.165) is 5.56 Å². The maximum absolute atomic E-state index is 12.8. The molecule has 0 fully saturated rings. The lowest BCUT2D eigenvalue weighted by Crippen LogP contribution is -2.25. The number of fused-ring (bicyclic) bond motifs is 3. The molecule has 11 heteroatoms. The zero-order chi connectivity index (χ0) is 29.5. The van der Waals surface area contributed by atoms with Gasteiger partial charge in [-0.2, -0.15) is 0 Å². The van der Waals surface area contributed by atoms with Gasteiger partial charge < -0.3 is 40.9 Å². The average Bonchev–Trinajstić information content (AvgIpc) is 2.98. The molecular formula is C30H38N4O7. The lowest BCUT2D eigenvalue weighted by atomic mass is 9.83. The van der Waals surface area contributed by atoms with Gasteiger partial charge in [-0.25, -0.2) is 4.79 Å². The molecule has 41 heavy (non-hydrogen) atoms. The molecule has 0 unspecified atom stereocenters. The van der Waals surface area contributed by atoms with Gasteiger partial charge in [-0.05, 0) is 30.9 Å². The average molecular weight is 567 g/mol. The number of nitrogens with one attached hydrogen (secondary N) is 2. The Morgan fingerprint density at radius 3 is 1.95 bits per heavy atom. The first-order valence-corrected chi connectivity index (χ1v) is 13.9. The van der Waals surface area contributed by atoms with E-state index in [0.29, 0.717) is 97.4 Å². The van der Waals surface area contributed by atoms with Crippen LogP contribution in [0, 0.1) is 0 Å². The van der Waals surface area contributed by atoms with E-state index >= 15 is 0 Å². The Bertz CT molecular complexity index is 1500. The van der Waals surface area contributed by atoms with Crippen LogP contribution in [0.4, 0.5) is 0 Å². The third kappa shape index (κ3) is 5.98. The summed E-state index contributed by atoms with van der Waals surface area (Å²) >= 11 is 0. The summed E-state index contributed by atoms with van der Waals surface area (Å²) in [6.07, 6.45) is 1.49. The van der Waals surface area contributed by atoms with Crippen molar-refractivity contribution >= 4 is 38.9 Å². The van der Waals surface area contributed by atoms with E-state index in [1.54, 1.807) is 18.2 Å². The quantitative estimate of drug-likeness (QED) is 0.0748. The SMILES string of the molecule is CCc1ccc2c(O)c3c(O)c4c(c(O)c3cc2c1C(=O)OC)C(=NCCNCCO)CCC4=NCCNCCO. The van der Waals surface area contributed by atoms with Gasteiger partial charge in [0, 0.05) is 53.8 Å². The predicted octanol–water partition coefficient (Wildman–Crippen LogP) is 1.99. The molecule has 0 bridgehead atoms. The summed E-state index contributed by atoms with van der Waals surface area (Å²) in [4.78, 5) is 22.2. The van der Waals surface area contributed by atoms with Crippen molar-refractivity contribution in [1.82, 2.24) is 10.6 Å². The molecule has 3 aromatic carbocycles. The number of methoxy groups -OCH3 is 1. The van der Waals surface area contributed by atoms with Crippen LogP contribution in [0.15, 0.2) is 28.2 Å². The molecule has 0 aromatic heterocycles. The number of aliphatic hydroxyl groups is 2. The van der Waals surface area contributed by atoms with Gasteiger partial charge >= 0.3 is 5.97 Å². The lowest BCUT2D eigenvalue weighted by molar-refractivity contribution is 0.0602. The van der Waals surface area contributed by atoms with Gasteiger partial charge in [0.05, 0.1) is 55.5 Å². The van der Waals surface area contributed by atoms with Crippen molar-refractivity contribution in [2.75, 3.05) is 59.6 Å². The number of carbonyl (C=O) groups is 1. The molecule has 0 amide bonds. The Morgan fingerprint density at radius 2 is 1.41 bits per heavy atom. The molecule has 1 aliphatic carbocycles. The molecule has 3 aromatic rings. The Hall–Kier alpha value is -3.77. The summed E-state index contributed by atoms with van der Waals surface area (Å²) in [6, 6.07) is 5.05. The van der Waals surface area contributed by atoms with Gasteiger partial charge in [0.25, 0.3) is 0 Å². The number of aromatic hydroxyl groups is 3. The van der Waals surface area contributed by atoms with Crippen LogP contribution in [-0.2, 0) is 11.2 Å². The maximum Gasteiger partial charge on any atom is 0.338 e. The monoisotopic (exact) mass is 566 g/mol. The number of ether oxygens (including phenoxy) is 1. The molecule has 0 aliphatic heterocycles. The zero-order valence-electron chi connectivity index (χ0n) is 23.5. The van der Waals surface area contributed by atoms with Gasteiger partial charge in [0.15, 0.2) is 0 Å². The molecule has 11 nitrogen and oxygen atoms in total. The van der Waals surface area contributed by atoms with Crippen molar-refractivity contribution in [3.8, 4) is 17.2 Å². The van der Waals surface area contributed by atoms with E-state index in [9.17, 15) is 20.1 Å². The molecule has 1 aliphatic rings. The summed E-state index contributed by atoms with van der Waals surface area (Å²) in [5.41, 5.74) is 2.85. The highest BCUT2D eigenvalue weighted by molar-refractivity contribution is 6.26. The zero-order valence-corrected chi connectivity index (χ0v) is 23.5. The summed E-state index contributed by atoms with van der Waals surface area (Å²) in [5, 5.41) is 60.0. The number of aliphatic imine (C=N–C) groups is 2. The number of phenolic OH excluding ortho intramolecular Hbond substituents is 3. The van der Waals surface area contributed by atoms with Crippen LogP contribution in [0.5, 0.6) is 17.2 Å². The molecule has 0 saturated carbocycles. The number of rotatable bonds is 12. The number of benzene rings is 3. The van der Waals surface area contributed by atoms with E-state index in [-0.39, 0.29) is 41.2 Å². The summed E-state index contributed by atoms with van der Waals surface area (Å²) in [7, 11) is 1.29. The van der Waals surface area contributed by atoms with Gasteiger partial charge in [-0.15, -0.1) is 0 Å². The minimum atomic E-state index is -0.560. The number of aliphatic hydroxyl groups excluding tert-OH is 2. The summed E-state index contributed by atoms with van der Waals surface area (Å²) in [6.45, 7) is 4.62. The van der Waals surface area contributed by atoms with Gasteiger partial charge in [0.1, 0.15) is 17.2 Å². The third-order valence-corrected chi connectivity index (χ3v) is 7.30. The second-order valence-corrected chi connectivity index (χ2v) is 9.74. The summed E-state index contributed by atoms with van der Waals surface area (Å²) < 4.78 is 5.04. The highest BCUT2D eigenvalue weighted by atomic mass is 16.5. The minimum absolute atomic E-state index is 0.0116. The van der Waals surface area contributed by atoms with Crippen LogP contribution >= 0.6 is 0 Å². The minimum Gasteiger partial charge on any atom is -0.507 e. The van der Waals surface area contributed by atoms with Crippen molar-refractivity contribution in [3.05, 3.63) is 40.5 Å². The molecule has 0 radical (unpaired) electrons. The largest absolute Gasteiger partial charge is 0.507 e. The standard InChI is InChI=1S/C30H38N4O7/c1-3-17-4-5-18-19(23(17)30(40)41-2)16-20-24(27(18)37)29(39)26-22(34-11-9-32-13-15-36)7-6-21(25(26)28(20)38)33-10-8-31-12-14-35/h4-5,16,31-32,35-39H,3,6-15H2,1-2H3. The Morgan fingerprint density at radius 1 is 0.829 bits per heavy atom. The van der Waals surface area contributed by atoms with Crippen molar-refractivity contribution < 1.29 is 35.1 Å². The van der Waals surface area contributed by atoms with Crippen molar-refractivity contribution in [2.24, 2.45) is 9.98 Å². The molecule has 7 N–H and O–H groups in total. The van der Waals surface area contributed by atoms with E-state index < -0.39 is 5.97 Å². The van der Waals surface area contributed by atoms with Gasteiger partial charge in [0.2, 0.25) is 0 Å².